The van der Waals surface area contributed by atoms with Gasteiger partial charge >= 0.3 is 0 Å². The number of aryl methyl sites for hydroxylation is 1. The van der Waals surface area contributed by atoms with Crippen LogP contribution in [0.5, 0.6) is 5.75 Å². The maximum Gasteiger partial charge on any atom is 0.224 e. The van der Waals surface area contributed by atoms with Gasteiger partial charge in [-0.15, -0.1) is 10.2 Å². The van der Waals surface area contributed by atoms with E-state index < -0.39 is 0 Å². The maximum absolute atomic E-state index is 12.8. The van der Waals surface area contributed by atoms with Gasteiger partial charge < -0.3 is 14.6 Å². The second-order valence-electron chi connectivity index (χ2n) is 7.49. The van der Waals surface area contributed by atoms with Gasteiger partial charge in [-0.2, -0.15) is 0 Å². The number of hydrogen-bond acceptors (Lipinski definition) is 4. The number of amides is 1. The van der Waals surface area contributed by atoms with Crippen LogP contribution in [0.25, 0.3) is 0 Å². The van der Waals surface area contributed by atoms with Crippen molar-refractivity contribution < 1.29 is 9.53 Å². The molecule has 1 amide bonds. The predicted octanol–water partition coefficient (Wildman–Crippen LogP) is 2.28. The van der Waals surface area contributed by atoms with Crippen molar-refractivity contribution in [1.82, 2.24) is 20.1 Å². The standard InChI is InChI=1S/C19H22N4O2/c1-12-21-22-17(23(12)13-6-7-13)11-20-18(24)15-10-19(15)8-9-25-16-5-3-2-4-14(16)19/h2-5,13,15H,6-11H2,1H3,(H,20,24)/t15-,19-/m1/s1. The molecule has 1 aromatic heterocycles. The van der Waals surface area contributed by atoms with Gasteiger partial charge in [0.15, 0.2) is 5.82 Å². The fraction of sp³-hybridized carbons (Fsp3) is 0.526. The Labute approximate surface area is 146 Å². The molecule has 2 aromatic rings. The molecule has 6 nitrogen and oxygen atoms in total. The lowest BCUT2D eigenvalue weighted by Crippen LogP contribution is -2.31. The summed E-state index contributed by atoms with van der Waals surface area (Å²) >= 11 is 0. The lowest BCUT2D eigenvalue weighted by atomic mass is 9.87. The van der Waals surface area contributed by atoms with Gasteiger partial charge in [0.05, 0.1) is 13.2 Å². The van der Waals surface area contributed by atoms with Crippen LogP contribution in [-0.4, -0.2) is 27.3 Å². The Balaban J connectivity index is 1.30. The number of aromatic nitrogens is 3. The van der Waals surface area contributed by atoms with Crippen molar-refractivity contribution in [3.05, 3.63) is 41.5 Å². The van der Waals surface area contributed by atoms with Crippen LogP contribution >= 0.6 is 0 Å². The van der Waals surface area contributed by atoms with Crippen LogP contribution in [0.3, 0.4) is 0 Å². The SMILES string of the molecule is Cc1nnc(CNC(=O)[C@H]2C[C@@]23CCOc2ccccc23)n1C1CC1. The molecule has 2 aliphatic carbocycles. The van der Waals surface area contributed by atoms with Crippen molar-refractivity contribution in [2.75, 3.05) is 6.61 Å². The molecule has 6 heteroatoms. The Bertz CT molecular complexity index is 842. The highest BCUT2D eigenvalue weighted by Gasteiger charge is 2.60. The minimum atomic E-state index is -0.0288. The van der Waals surface area contributed by atoms with Gasteiger partial charge in [-0.25, -0.2) is 0 Å². The highest BCUT2D eigenvalue weighted by Crippen LogP contribution is 2.60. The second kappa shape index (κ2) is 5.31. The lowest BCUT2D eigenvalue weighted by Gasteiger charge is -2.26. The van der Waals surface area contributed by atoms with Gasteiger partial charge in [-0.05, 0) is 38.7 Å². The van der Waals surface area contributed by atoms with Gasteiger partial charge in [0.2, 0.25) is 5.91 Å². The molecule has 2 fully saturated rings. The van der Waals surface area contributed by atoms with E-state index in [1.54, 1.807) is 0 Å². The Morgan fingerprint density at radius 1 is 1.36 bits per heavy atom. The molecular weight excluding hydrogens is 316 g/mol. The molecule has 5 rings (SSSR count). The Hall–Kier alpha value is -2.37. The third kappa shape index (κ3) is 2.34. The third-order valence-corrected chi connectivity index (χ3v) is 5.89. The average molecular weight is 338 g/mol. The van der Waals surface area contributed by atoms with Crippen molar-refractivity contribution in [3.63, 3.8) is 0 Å². The fourth-order valence-electron chi connectivity index (χ4n) is 4.34. The van der Waals surface area contributed by atoms with Crippen molar-refractivity contribution in [3.8, 4) is 5.75 Å². The van der Waals surface area contributed by atoms with Crippen LogP contribution in [-0.2, 0) is 16.8 Å². The molecule has 0 saturated heterocycles. The molecule has 0 radical (unpaired) electrons. The van der Waals surface area contributed by atoms with E-state index in [4.69, 9.17) is 4.74 Å². The van der Waals surface area contributed by atoms with Crippen LogP contribution in [0.2, 0.25) is 0 Å². The molecule has 2 atom stereocenters. The van der Waals surface area contributed by atoms with Crippen LogP contribution in [0.4, 0.5) is 0 Å². The summed E-state index contributed by atoms with van der Waals surface area (Å²) in [4.78, 5) is 12.8. The van der Waals surface area contributed by atoms with Crippen molar-refractivity contribution in [2.24, 2.45) is 5.92 Å². The molecule has 1 aromatic carbocycles. The number of hydrogen-bond donors (Lipinski definition) is 1. The largest absolute Gasteiger partial charge is 0.493 e. The summed E-state index contributed by atoms with van der Waals surface area (Å²) in [6.45, 7) is 3.13. The first-order chi connectivity index (χ1) is 12.2. The van der Waals surface area contributed by atoms with Gasteiger partial charge in [0.1, 0.15) is 11.6 Å². The first-order valence-corrected chi connectivity index (χ1v) is 9.09. The molecule has 3 aliphatic rings. The zero-order valence-electron chi connectivity index (χ0n) is 14.4. The summed E-state index contributed by atoms with van der Waals surface area (Å²) in [5.74, 6) is 2.91. The van der Waals surface area contributed by atoms with Crippen molar-refractivity contribution in [2.45, 2.75) is 50.6 Å². The smallest absolute Gasteiger partial charge is 0.224 e. The predicted molar refractivity (Wildman–Crippen MR) is 91.2 cm³/mol. The van der Waals surface area contributed by atoms with Crippen molar-refractivity contribution >= 4 is 5.91 Å². The van der Waals surface area contributed by atoms with Gasteiger partial charge in [0, 0.05) is 22.9 Å². The van der Waals surface area contributed by atoms with Crippen LogP contribution < -0.4 is 10.1 Å². The monoisotopic (exact) mass is 338 g/mol. The number of ether oxygens (including phenoxy) is 1. The van der Waals surface area contributed by atoms with E-state index in [0.29, 0.717) is 19.2 Å². The molecule has 2 heterocycles. The van der Waals surface area contributed by atoms with Gasteiger partial charge in [0.25, 0.3) is 0 Å². The average Bonchev–Trinajstić information content (AvgIpc) is 3.54. The molecule has 25 heavy (non-hydrogen) atoms. The minimum Gasteiger partial charge on any atom is -0.493 e. The van der Waals surface area contributed by atoms with E-state index in [1.165, 1.54) is 18.4 Å². The first kappa shape index (κ1) is 14.9. The number of nitrogens with zero attached hydrogens (tertiary/aromatic N) is 3. The minimum absolute atomic E-state index is 0.0288. The highest BCUT2D eigenvalue weighted by molar-refractivity contribution is 5.84. The summed E-state index contributed by atoms with van der Waals surface area (Å²) in [6, 6.07) is 8.65. The third-order valence-electron chi connectivity index (χ3n) is 5.89. The normalized spacial score (nSPS) is 26.8. The molecule has 1 N–H and O–H groups in total. The fourth-order valence-corrected chi connectivity index (χ4v) is 4.34. The summed E-state index contributed by atoms with van der Waals surface area (Å²) in [7, 11) is 0. The number of fused-ring (bicyclic) bond motifs is 2. The van der Waals surface area contributed by atoms with Crippen LogP contribution in [0, 0.1) is 12.8 Å². The zero-order valence-corrected chi connectivity index (χ0v) is 14.4. The number of rotatable bonds is 4. The number of para-hydroxylation sites is 1. The number of carbonyl (C=O) groups is 1. The number of carbonyl (C=O) groups excluding carboxylic acids is 1. The second-order valence-corrected chi connectivity index (χ2v) is 7.49. The molecule has 130 valence electrons. The highest BCUT2D eigenvalue weighted by atomic mass is 16.5. The molecule has 1 spiro atoms. The van der Waals surface area contributed by atoms with E-state index in [-0.39, 0.29) is 17.2 Å². The van der Waals surface area contributed by atoms with E-state index in [0.717, 1.165) is 30.2 Å². The van der Waals surface area contributed by atoms with Gasteiger partial charge in [-0.3, -0.25) is 4.79 Å². The van der Waals surface area contributed by atoms with E-state index >= 15 is 0 Å². The van der Waals surface area contributed by atoms with E-state index in [1.807, 2.05) is 25.1 Å². The van der Waals surface area contributed by atoms with Crippen LogP contribution in [0.15, 0.2) is 24.3 Å². The Morgan fingerprint density at radius 3 is 3.04 bits per heavy atom. The van der Waals surface area contributed by atoms with E-state index in [2.05, 4.69) is 26.1 Å². The zero-order chi connectivity index (χ0) is 17.0. The first-order valence-electron chi connectivity index (χ1n) is 9.09. The summed E-state index contributed by atoms with van der Waals surface area (Å²) in [6.07, 6.45) is 4.19. The summed E-state index contributed by atoms with van der Waals surface area (Å²) < 4.78 is 7.93. The number of nitrogens with one attached hydrogen (secondary N) is 1. The Kier molecular flexibility index (Phi) is 3.17. The lowest BCUT2D eigenvalue weighted by molar-refractivity contribution is -0.123. The molecule has 1 aliphatic heterocycles. The molecule has 0 unspecified atom stereocenters. The molecule has 2 saturated carbocycles. The van der Waals surface area contributed by atoms with Crippen molar-refractivity contribution in [1.29, 1.82) is 0 Å². The quantitative estimate of drug-likeness (QED) is 0.928. The Morgan fingerprint density at radius 2 is 2.20 bits per heavy atom. The van der Waals surface area contributed by atoms with Gasteiger partial charge in [-0.1, -0.05) is 18.2 Å². The maximum atomic E-state index is 12.8. The number of benzene rings is 1. The van der Waals surface area contributed by atoms with E-state index in [9.17, 15) is 4.79 Å². The summed E-state index contributed by atoms with van der Waals surface area (Å²) in [5, 5.41) is 11.5. The van der Waals surface area contributed by atoms with Crippen LogP contribution in [0.1, 0.15) is 48.9 Å². The molecular formula is C19H22N4O2. The molecule has 0 bridgehead atoms. The topological polar surface area (TPSA) is 69.0 Å². The summed E-state index contributed by atoms with van der Waals surface area (Å²) in [5.41, 5.74) is 1.16.